The van der Waals surface area contributed by atoms with Crippen LogP contribution in [0.5, 0.6) is 0 Å². The highest BCUT2D eigenvalue weighted by Crippen LogP contribution is 2.59. The van der Waals surface area contributed by atoms with Gasteiger partial charge in [0.2, 0.25) is 0 Å². The van der Waals surface area contributed by atoms with Crippen LogP contribution < -0.4 is 0 Å². The van der Waals surface area contributed by atoms with Crippen molar-refractivity contribution in [2.75, 3.05) is 0 Å². The second kappa shape index (κ2) is 33.5. The third-order valence-corrected chi connectivity index (χ3v) is 33.6. The largest absolute Gasteiger partial charge is 0.0620 e. The Morgan fingerprint density at radius 1 is 0.181 bits per heavy atom. The van der Waals surface area contributed by atoms with E-state index in [1.807, 2.05) is 0 Å². The number of benzene rings is 23. The van der Waals surface area contributed by atoms with Crippen LogP contribution in [0.4, 0.5) is 0 Å². The van der Waals surface area contributed by atoms with E-state index in [9.17, 15) is 0 Å². The minimum atomic E-state index is -0.186. The van der Waals surface area contributed by atoms with Gasteiger partial charge in [0, 0.05) is 21.7 Å². The summed E-state index contributed by atoms with van der Waals surface area (Å²) in [6.45, 7) is 19.3. The molecule has 0 atom stereocenters. The van der Waals surface area contributed by atoms with Crippen LogP contribution in [0.1, 0.15) is 161 Å². The fourth-order valence-electron chi connectivity index (χ4n) is 26.4. The third kappa shape index (κ3) is 13.9. The van der Waals surface area contributed by atoms with Gasteiger partial charge in [0.15, 0.2) is 0 Å². The minimum Gasteiger partial charge on any atom is -0.0620 e. The first-order chi connectivity index (χ1) is 70.4. The van der Waals surface area contributed by atoms with Crippen LogP contribution in [0.3, 0.4) is 0 Å². The molecule has 6 aliphatic rings. The first kappa shape index (κ1) is 86.5. The minimum absolute atomic E-state index is 0.113. The van der Waals surface area contributed by atoms with Crippen LogP contribution >= 0.6 is 0 Å². The molecule has 0 aliphatic heterocycles. The van der Waals surface area contributed by atoms with Gasteiger partial charge in [0.05, 0.1) is 0 Å². The summed E-state index contributed by atoms with van der Waals surface area (Å²) in [6.07, 6.45) is 15.4. The Labute approximate surface area is 843 Å². The Kier molecular flexibility index (Phi) is 20.1. The highest BCUT2D eigenvalue weighted by atomic mass is 14.5. The van der Waals surface area contributed by atoms with Crippen molar-refractivity contribution < 1.29 is 0 Å². The van der Waals surface area contributed by atoms with Crippen LogP contribution in [0.2, 0.25) is 0 Å². The maximum atomic E-state index is 2.55. The number of hydrogen-bond acceptors (Lipinski definition) is 0. The summed E-state index contributed by atoms with van der Waals surface area (Å²) < 4.78 is 0. The van der Waals surface area contributed by atoms with Gasteiger partial charge in [0.1, 0.15) is 0 Å². The van der Waals surface area contributed by atoms with Gasteiger partial charge in [-0.3, -0.25) is 0 Å². The van der Waals surface area contributed by atoms with Crippen molar-refractivity contribution >= 4 is 166 Å². The average molecular weight is 1840 g/mol. The lowest BCUT2D eigenvalue weighted by Gasteiger charge is -2.32. The zero-order valence-corrected chi connectivity index (χ0v) is 82.7. The molecule has 0 bridgehead atoms. The van der Waals surface area contributed by atoms with Crippen LogP contribution in [0.15, 0.2) is 437 Å². The molecule has 0 saturated heterocycles. The molecule has 0 spiro atoms. The molecule has 0 saturated carbocycles. The quantitative estimate of drug-likeness (QED) is 0.120. The second-order valence-corrected chi connectivity index (χ2v) is 43.1. The summed E-state index contributed by atoms with van der Waals surface area (Å²) >= 11 is 0. The summed E-state index contributed by atoms with van der Waals surface area (Å²) in [5.41, 5.74) is 41.3. The molecular formula is C144H108. The predicted molar refractivity (Wildman–Crippen MR) is 620 cm³/mol. The van der Waals surface area contributed by atoms with E-state index in [4.69, 9.17) is 0 Å². The topological polar surface area (TPSA) is 0 Å². The fourth-order valence-corrected chi connectivity index (χ4v) is 26.4. The van der Waals surface area contributed by atoms with Gasteiger partial charge in [-0.05, 0) is 360 Å². The van der Waals surface area contributed by atoms with Crippen molar-refractivity contribution in [1.82, 2.24) is 0 Å². The van der Waals surface area contributed by atoms with Crippen LogP contribution in [0, 0.1) is 0 Å². The van der Waals surface area contributed by atoms with Crippen LogP contribution in [-0.2, 0) is 40.9 Å². The standard InChI is InChI=1S/C58H50.C43H30.C43H28/c1-55(2)45-21-13-9-17-35(45)31-49(55)39-25-27-41-43(29-39)53(51-33-37-19-11-15-23-47(37)57(51,5)6)42-28-26-40(50-32-36-18-10-14-22-46(36)56(50,3)4)30-44(42)54(41)52-34-38-20-12-16-24-48(38)58(52,7)8;1-3-11-30-23-35(19-17-28(30)9-1)42-38-15-7-8-16-39(38)43(36-20-18-29-10-2-4-12-31(29)24-36)41-27-34(21-22-40(41)42)37-25-32-13-5-6-14-33(32)26-37;1-2-14-31-26-33(25-30(31)13-1)32-23-24-40-41(27-32)43(37-22-10-16-29-12-4-6-18-35(29)37)39-20-8-7-19-38(39)42(40)36-21-9-15-28-11-3-5-17-34(28)36/h9-34H,1-8H3;1-24,27,37H,25-26H2;1-25,27H,26H2. The van der Waals surface area contributed by atoms with Gasteiger partial charge >= 0.3 is 0 Å². The summed E-state index contributed by atoms with van der Waals surface area (Å²) in [7, 11) is 0. The van der Waals surface area contributed by atoms with E-state index < -0.39 is 0 Å². The van der Waals surface area contributed by atoms with Crippen LogP contribution in [-0.4, -0.2) is 0 Å². The first-order valence-corrected chi connectivity index (χ1v) is 51.5. The van der Waals surface area contributed by atoms with Crippen molar-refractivity contribution in [3.8, 4) is 44.5 Å². The molecule has 0 radical (unpaired) electrons. The highest BCUT2D eigenvalue weighted by molar-refractivity contribution is 6.28. The molecule has 23 aromatic rings. The summed E-state index contributed by atoms with van der Waals surface area (Å²) in [5, 5.41) is 25.9. The Hall–Kier alpha value is -16.6. The SMILES string of the molecule is C1=C(c2ccc3c(-c4cccc5ccccc45)c4ccccc4c(-c4cccc5ccccc45)c3c2)Cc2ccccc21.CC1(C)C(c2ccc3c(C4=Cc5ccccc5C4(C)C)c4cc(C5=Cc6ccccc6C5(C)C)ccc4c(C4=Cc5ccccc5C4(C)C)c3c2)=Cc2ccccc21.c1ccc2c(c1)CC(c1ccc3c(-c4ccc5ccccc5c4)c4ccccc4c(-c4ccc5ccccc5c4)c3c1)C2. The lowest BCUT2D eigenvalue weighted by atomic mass is 9.71. The van der Waals surface area contributed by atoms with Crippen LogP contribution in [0.25, 0.3) is 210 Å². The molecule has 0 amide bonds. The van der Waals surface area contributed by atoms with Gasteiger partial charge in [-0.15, -0.1) is 0 Å². The molecule has 684 valence electrons. The van der Waals surface area contributed by atoms with Gasteiger partial charge in [-0.2, -0.15) is 0 Å². The second-order valence-electron chi connectivity index (χ2n) is 43.1. The highest BCUT2D eigenvalue weighted by Gasteiger charge is 2.42. The molecule has 0 fully saturated rings. The smallest absolute Gasteiger partial charge is 0.0159 e. The van der Waals surface area contributed by atoms with E-state index in [2.05, 4.69) is 523 Å². The monoisotopic (exact) mass is 1840 g/mol. The predicted octanol–water partition coefficient (Wildman–Crippen LogP) is 38.6. The molecule has 144 heavy (non-hydrogen) atoms. The van der Waals surface area contributed by atoms with E-state index in [1.54, 1.807) is 0 Å². The molecule has 0 nitrogen and oxygen atoms in total. The van der Waals surface area contributed by atoms with Gasteiger partial charge < -0.3 is 0 Å². The Balaban J connectivity index is 0.000000109. The summed E-state index contributed by atoms with van der Waals surface area (Å²) in [4.78, 5) is 0. The number of hydrogen-bond donors (Lipinski definition) is 0. The molecule has 23 aromatic carbocycles. The average Bonchev–Trinajstić information content (AvgIpc) is 1.48. The summed E-state index contributed by atoms with van der Waals surface area (Å²) in [6, 6.07) is 163. The fraction of sp³-hybridized carbons (Fsp3) is 0.111. The lowest BCUT2D eigenvalue weighted by molar-refractivity contribution is 0.703. The van der Waals surface area contributed by atoms with Gasteiger partial charge in [-0.25, -0.2) is 0 Å². The van der Waals surface area contributed by atoms with Gasteiger partial charge in [-0.1, -0.05) is 468 Å². The van der Waals surface area contributed by atoms with Crippen molar-refractivity contribution in [3.63, 3.8) is 0 Å². The van der Waals surface area contributed by atoms with E-state index >= 15 is 0 Å². The van der Waals surface area contributed by atoms with Crippen molar-refractivity contribution in [2.45, 2.75) is 102 Å². The maximum Gasteiger partial charge on any atom is 0.0159 e. The van der Waals surface area contributed by atoms with Gasteiger partial charge in [0.25, 0.3) is 0 Å². The molecule has 0 heteroatoms. The third-order valence-electron chi connectivity index (χ3n) is 33.6. The summed E-state index contributed by atoms with van der Waals surface area (Å²) in [5.74, 6) is 0.502. The lowest BCUT2D eigenvalue weighted by Crippen LogP contribution is -2.19. The molecular weight excluding hydrogens is 1730 g/mol. The Bertz CT molecular complexity index is 9360. The molecule has 29 rings (SSSR count). The molecule has 0 N–H and O–H groups in total. The van der Waals surface area contributed by atoms with E-state index in [1.165, 1.54) is 280 Å². The van der Waals surface area contributed by atoms with Crippen molar-refractivity contribution in [3.05, 3.63) is 537 Å². The molecule has 0 heterocycles. The molecule has 6 aliphatic carbocycles. The zero-order chi connectivity index (χ0) is 96.6. The maximum absolute atomic E-state index is 2.55. The van der Waals surface area contributed by atoms with E-state index in [-0.39, 0.29) is 21.7 Å². The van der Waals surface area contributed by atoms with E-state index in [0.29, 0.717) is 5.92 Å². The normalized spacial score (nSPS) is 15.3. The number of fused-ring (bicyclic) bond motifs is 16. The number of allylic oxidation sites excluding steroid dienone is 5. The molecule has 0 aromatic heterocycles. The molecule has 0 unspecified atom stereocenters. The Morgan fingerprint density at radius 2 is 0.479 bits per heavy atom. The van der Waals surface area contributed by atoms with E-state index in [0.717, 1.165) is 19.3 Å². The van der Waals surface area contributed by atoms with Crippen molar-refractivity contribution in [1.29, 1.82) is 0 Å². The number of rotatable bonds is 10. The first-order valence-electron chi connectivity index (χ1n) is 51.5. The van der Waals surface area contributed by atoms with Crippen molar-refractivity contribution in [2.24, 2.45) is 0 Å². The zero-order valence-electron chi connectivity index (χ0n) is 82.7. The Morgan fingerprint density at radius 3 is 0.931 bits per heavy atom.